The van der Waals surface area contributed by atoms with Gasteiger partial charge in [-0.15, -0.1) is 13.0 Å². The van der Waals surface area contributed by atoms with Gasteiger partial charge in [-0.3, -0.25) is 0 Å². The molecule has 0 heterocycles. The van der Waals surface area contributed by atoms with Gasteiger partial charge < -0.3 is 9.84 Å². The molecule has 1 fully saturated rings. The quantitative estimate of drug-likeness (QED) is 0.437. The summed E-state index contributed by atoms with van der Waals surface area (Å²) < 4.78 is 5.25. The zero-order chi connectivity index (χ0) is 12.0. The molecular formula is C14H20O2. The predicted octanol–water partition coefficient (Wildman–Crippen LogP) is 2.30. The summed E-state index contributed by atoms with van der Waals surface area (Å²) in [6, 6.07) is 0. The Morgan fingerprint density at radius 1 is 1.62 bits per heavy atom. The van der Waals surface area contributed by atoms with E-state index in [0.29, 0.717) is 6.61 Å². The minimum atomic E-state index is -0.811. The molecular weight excluding hydrogens is 200 g/mol. The fraction of sp³-hybridized carbons (Fsp3) is 0.571. The summed E-state index contributed by atoms with van der Waals surface area (Å²) in [6.45, 7) is 8.42. The van der Waals surface area contributed by atoms with E-state index >= 15 is 0 Å². The maximum Gasteiger partial charge on any atom is 0.107 e. The first-order chi connectivity index (χ1) is 7.64. The van der Waals surface area contributed by atoms with Crippen molar-refractivity contribution in [3.8, 4) is 12.3 Å². The minimum absolute atomic E-state index is 0.0523. The normalized spacial score (nSPS) is 29.4. The monoisotopic (exact) mass is 220 g/mol. The Morgan fingerprint density at radius 3 is 3.00 bits per heavy atom. The Morgan fingerprint density at radius 2 is 2.38 bits per heavy atom. The highest BCUT2D eigenvalue weighted by atomic mass is 16.5. The van der Waals surface area contributed by atoms with Crippen molar-refractivity contribution >= 4 is 0 Å². The minimum Gasteiger partial charge on any atom is -0.385 e. The van der Waals surface area contributed by atoms with Crippen molar-refractivity contribution < 1.29 is 9.84 Å². The van der Waals surface area contributed by atoms with Gasteiger partial charge in [0.15, 0.2) is 0 Å². The number of aliphatic hydroxyl groups is 1. The van der Waals surface area contributed by atoms with E-state index in [2.05, 4.69) is 19.1 Å². The number of ether oxygens (including phenoxy) is 1. The fourth-order valence-corrected chi connectivity index (χ4v) is 2.32. The van der Waals surface area contributed by atoms with Crippen LogP contribution in [0, 0.1) is 18.3 Å². The van der Waals surface area contributed by atoms with E-state index in [9.17, 15) is 5.11 Å². The van der Waals surface area contributed by atoms with E-state index in [0.717, 1.165) is 31.3 Å². The van der Waals surface area contributed by atoms with Crippen molar-refractivity contribution in [2.75, 3.05) is 13.2 Å². The molecule has 16 heavy (non-hydrogen) atoms. The lowest BCUT2D eigenvalue weighted by Gasteiger charge is -2.38. The van der Waals surface area contributed by atoms with E-state index in [1.54, 1.807) is 6.08 Å². The number of hydrogen-bond acceptors (Lipinski definition) is 2. The summed E-state index contributed by atoms with van der Waals surface area (Å²) in [6.07, 6.45) is 10.6. The summed E-state index contributed by atoms with van der Waals surface area (Å²) >= 11 is 0. The summed E-state index contributed by atoms with van der Waals surface area (Å²) in [5.41, 5.74) is 0.104. The SMILES string of the molecule is C#CCOCC(=C)[C@H]1CCCC[C@]1(O)C=C. The number of rotatable bonds is 5. The Kier molecular flexibility index (Phi) is 4.79. The lowest BCUT2D eigenvalue weighted by atomic mass is 9.72. The molecule has 0 aromatic heterocycles. The zero-order valence-electron chi connectivity index (χ0n) is 9.74. The van der Waals surface area contributed by atoms with Gasteiger partial charge in [-0.2, -0.15) is 0 Å². The van der Waals surface area contributed by atoms with E-state index in [4.69, 9.17) is 11.2 Å². The van der Waals surface area contributed by atoms with Crippen molar-refractivity contribution in [3.05, 3.63) is 24.8 Å². The van der Waals surface area contributed by atoms with Crippen LogP contribution in [0.2, 0.25) is 0 Å². The Labute approximate surface area is 98.0 Å². The van der Waals surface area contributed by atoms with E-state index in [1.807, 2.05) is 0 Å². The molecule has 0 aromatic carbocycles. The second-order valence-electron chi connectivity index (χ2n) is 4.35. The van der Waals surface area contributed by atoms with Crippen LogP contribution in [-0.4, -0.2) is 23.9 Å². The second kappa shape index (κ2) is 5.89. The summed E-state index contributed by atoms with van der Waals surface area (Å²) in [4.78, 5) is 0. The third-order valence-electron chi connectivity index (χ3n) is 3.24. The Bertz CT molecular complexity index is 300. The first kappa shape index (κ1) is 13.0. The van der Waals surface area contributed by atoms with Gasteiger partial charge in [0.05, 0.1) is 12.2 Å². The molecule has 2 nitrogen and oxygen atoms in total. The number of hydrogen-bond donors (Lipinski definition) is 1. The molecule has 0 amide bonds. The first-order valence-corrected chi connectivity index (χ1v) is 5.69. The molecule has 88 valence electrons. The molecule has 2 atom stereocenters. The first-order valence-electron chi connectivity index (χ1n) is 5.69. The molecule has 0 aliphatic heterocycles. The molecule has 0 unspecified atom stereocenters. The highest BCUT2D eigenvalue weighted by Gasteiger charge is 2.37. The molecule has 1 N–H and O–H groups in total. The zero-order valence-corrected chi connectivity index (χ0v) is 9.74. The van der Waals surface area contributed by atoms with Crippen LogP contribution >= 0.6 is 0 Å². The molecule has 2 heteroatoms. The van der Waals surface area contributed by atoms with Gasteiger partial charge in [-0.05, 0) is 18.4 Å². The van der Waals surface area contributed by atoms with Gasteiger partial charge in [0.1, 0.15) is 6.61 Å². The summed E-state index contributed by atoms with van der Waals surface area (Å²) in [5.74, 6) is 2.47. The highest BCUT2D eigenvalue weighted by molar-refractivity contribution is 5.16. The number of terminal acetylenes is 1. The fourth-order valence-electron chi connectivity index (χ4n) is 2.32. The van der Waals surface area contributed by atoms with Crippen molar-refractivity contribution in [1.82, 2.24) is 0 Å². The van der Waals surface area contributed by atoms with Gasteiger partial charge in [0.25, 0.3) is 0 Å². The van der Waals surface area contributed by atoms with Crippen LogP contribution in [-0.2, 0) is 4.74 Å². The van der Waals surface area contributed by atoms with Crippen molar-refractivity contribution in [1.29, 1.82) is 0 Å². The van der Waals surface area contributed by atoms with Gasteiger partial charge in [0.2, 0.25) is 0 Å². The molecule has 1 aliphatic carbocycles. The average Bonchev–Trinajstić information content (AvgIpc) is 2.30. The average molecular weight is 220 g/mol. The van der Waals surface area contributed by atoms with E-state index in [1.165, 1.54) is 0 Å². The summed E-state index contributed by atoms with van der Waals surface area (Å²) in [7, 11) is 0. The highest BCUT2D eigenvalue weighted by Crippen LogP contribution is 2.38. The Balaban J connectivity index is 2.58. The van der Waals surface area contributed by atoms with Crippen molar-refractivity contribution in [3.63, 3.8) is 0 Å². The molecule has 0 saturated heterocycles. The summed E-state index contributed by atoms with van der Waals surface area (Å²) in [5, 5.41) is 10.4. The van der Waals surface area contributed by atoms with E-state index in [-0.39, 0.29) is 12.5 Å². The Hall–Kier alpha value is -1.04. The van der Waals surface area contributed by atoms with Crippen LogP contribution < -0.4 is 0 Å². The van der Waals surface area contributed by atoms with Crippen molar-refractivity contribution in [2.24, 2.45) is 5.92 Å². The largest absolute Gasteiger partial charge is 0.385 e. The lowest BCUT2D eigenvalue weighted by molar-refractivity contribution is 0.00539. The molecule has 1 aliphatic rings. The molecule has 1 saturated carbocycles. The second-order valence-corrected chi connectivity index (χ2v) is 4.35. The van der Waals surface area contributed by atoms with Crippen LogP contribution in [0.15, 0.2) is 24.8 Å². The van der Waals surface area contributed by atoms with Crippen LogP contribution in [0.5, 0.6) is 0 Å². The molecule has 1 rings (SSSR count). The van der Waals surface area contributed by atoms with Gasteiger partial charge in [-0.1, -0.05) is 31.4 Å². The smallest absolute Gasteiger partial charge is 0.107 e. The van der Waals surface area contributed by atoms with Gasteiger partial charge >= 0.3 is 0 Å². The van der Waals surface area contributed by atoms with Crippen LogP contribution in [0.3, 0.4) is 0 Å². The molecule has 0 bridgehead atoms. The topological polar surface area (TPSA) is 29.5 Å². The van der Waals surface area contributed by atoms with Crippen LogP contribution in [0.4, 0.5) is 0 Å². The standard InChI is InChI=1S/C14H20O2/c1-4-10-16-11-12(3)13-8-6-7-9-14(13,15)5-2/h1,5,13,15H,2-3,6-11H2/t13-,14-/m1/s1. The third-order valence-corrected chi connectivity index (χ3v) is 3.24. The van der Waals surface area contributed by atoms with Crippen molar-refractivity contribution in [2.45, 2.75) is 31.3 Å². The van der Waals surface area contributed by atoms with Crippen LogP contribution in [0.25, 0.3) is 0 Å². The third kappa shape index (κ3) is 2.98. The van der Waals surface area contributed by atoms with E-state index < -0.39 is 5.60 Å². The molecule has 0 radical (unpaired) electrons. The predicted molar refractivity (Wildman–Crippen MR) is 65.9 cm³/mol. The van der Waals surface area contributed by atoms with Gasteiger partial charge in [0, 0.05) is 5.92 Å². The molecule has 0 aromatic rings. The van der Waals surface area contributed by atoms with Crippen LogP contribution in [0.1, 0.15) is 25.7 Å². The van der Waals surface area contributed by atoms with Gasteiger partial charge in [-0.25, -0.2) is 0 Å². The lowest BCUT2D eigenvalue weighted by Crippen LogP contribution is -2.40. The maximum atomic E-state index is 10.4. The molecule has 0 spiro atoms. The maximum absolute atomic E-state index is 10.4.